The van der Waals surface area contributed by atoms with Crippen LogP contribution < -0.4 is 5.73 Å². The fourth-order valence-electron chi connectivity index (χ4n) is 1.39. The number of aryl methyl sites for hydroxylation is 1. The predicted molar refractivity (Wildman–Crippen MR) is 64.8 cm³/mol. The van der Waals surface area contributed by atoms with E-state index in [4.69, 9.17) is 5.73 Å². The zero-order chi connectivity index (χ0) is 9.84. The Morgan fingerprint density at radius 1 is 1.50 bits per heavy atom. The summed E-state index contributed by atoms with van der Waals surface area (Å²) in [5.41, 5.74) is 9.59. The number of rotatable bonds is 3. The molecular formula is C12H18ClN. The van der Waals surface area contributed by atoms with Crippen LogP contribution >= 0.6 is 12.4 Å². The van der Waals surface area contributed by atoms with Crippen LogP contribution in [0.15, 0.2) is 36.4 Å². The molecule has 1 rings (SSSR count). The molecule has 2 N–H and O–H groups in total. The highest BCUT2D eigenvalue weighted by Gasteiger charge is 2.05. The molecule has 14 heavy (non-hydrogen) atoms. The normalized spacial score (nSPS) is 11.6. The lowest BCUT2D eigenvalue weighted by molar-refractivity contribution is 0.716. The molecule has 1 aromatic carbocycles. The van der Waals surface area contributed by atoms with E-state index >= 15 is 0 Å². The van der Waals surface area contributed by atoms with Crippen molar-refractivity contribution in [2.75, 3.05) is 0 Å². The van der Waals surface area contributed by atoms with Gasteiger partial charge in [-0.2, -0.15) is 0 Å². The van der Waals surface area contributed by atoms with E-state index in [0.29, 0.717) is 0 Å². The van der Waals surface area contributed by atoms with E-state index in [1.54, 1.807) is 0 Å². The number of halogens is 1. The van der Waals surface area contributed by atoms with Gasteiger partial charge in [0.2, 0.25) is 0 Å². The quantitative estimate of drug-likeness (QED) is 0.763. The summed E-state index contributed by atoms with van der Waals surface area (Å²) in [6, 6.07) is 8.42. The molecule has 0 aromatic heterocycles. The van der Waals surface area contributed by atoms with Crippen LogP contribution in [-0.2, 0) is 0 Å². The maximum atomic E-state index is 6.00. The van der Waals surface area contributed by atoms with Crippen molar-refractivity contribution in [1.82, 2.24) is 0 Å². The first-order chi connectivity index (χ1) is 6.09. The smallest absolute Gasteiger partial charge is 0.0332 e. The van der Waals surface area contributed by atoms with Gasteiger partial charge in [0.25, 0.3) is 0 Å². The molecule has 0 heterocycles. The summed E-state index contributed by atoms with van der Waals surface area (Å²) in [5, 5.41) is 0. The number of hydrogen-bond donors (Lipinski definition) is 1. The molecule has 1 nitrogen and oxygen atoms in total. The van der Waals surface area contributed by atoms with Crippen LogP contribution in [0.1, 0.15) is 30.5 Å². The molecule has 0 radical (unpaired) electrons. The molecule has 0 aliphatic rings. The van der Waals surface area contributed by atoms with Gasteiger partial charge in [0.05, 0.1) is 0 Å². The van der Waals surface area contributed by atoms with Crippen molar-refractivity contribution in [3.8, 4) is 0 Å². The van der Waals surface area contributed by atoms with Crippen LogP contribution in [0.25, 0.3) is 0 Å². The van der Waals surface area contributed by atoms with Gasteiger partial charge in [-0.05, 0) is 25.8 Å². The van der Waals surface area contributed by atoms with E-state index in [1.807, 2.05) is 13.0 Å². The number of benzene rings is 1. The molecule has 1 atom stereocenters. The minimum Gasteiger partial charge on any atom is -0.324 e. The summed E-state index contributed by atoms with van der Waals surface area (Å²) < 4.78 is 0. The van der Waals surface area contributed by atoms with Crippen molar-refractivity contribution >= 4 is 12.4 Å². The fraction of sp³-hybridized carbons (Fsp3) is 0.333. The summed E-state index contributed by atoms with van der Waals surface area (Å²) in [4.78, 5) is 0. The highest BCUT2D eigenvalue weighted by atomic mass is 35.5. The van der Waals surface area contributed by atoms with E-state index in [9.17, 15) is 0 Å². The molecule has 0 fully saturated rings. The van der Waals surface area contributed by atoms with Crippen LogP contribution in [-0.4, -0.2) is 0 Å². The van der Waals surface area contributed by atoms with E-state index in [2.05, 4.69) is 31.7 Å². The van der Waals surface area contributed by atoms with Gasteiger partial charge in [-0.15, -0.1) is 19.0 Å². The predicted octanol–water partition coefficient (Wildman–Crippen LogP) is 3.38. The molecule has 2 heteroatoms. The Bertz CT molecular complexity index is 307. The first-order valence-corrected chi connectivity index (χ1v) is 4.56. The Kier molecular flexibility index (Phi) is 5.51. The van der Waals surface area contributed by atoms with E-state index < -0.39 is 0 Å². The summed E-state index contributed by atoms with van der Waals surface area (Å²) in [5.74, 6) is 0. The van der Waals surface area contributed by atoms with Crippen LogP contribution in [0.4, 0.5) is 0 Å². The molecule has 78 valence electrons. The topological polar surface area (TPSA) is 26.0 Å². The maximum Gasteiger partial charge on any atom is 0.0332 e. The Labute approximate surface area is 92.4 Å². The highest BCUT2D eigenvalue weighted by Crippen LogP contribution is 2.18. The monoisotopic (exact) mass is 211 g/mol. The van der Waals surface area contributed by atoms with Gasteiger partial charge in [0.1, 0.15) is 0 Å². The second-order valence-electron chi connectivity index (χ2n) is 3.68. The third kappa shape index (κ3) is 3.95. The van der Waals surface area contributed by atoms with E-state index in [1.165, 1.54) is 11.1 Å². The molecule has 1 aromatic rings. The lowest BCUT2D eigenvalue weighted by Gasteiger charge is -2.12. The highest BCUT2D eigenvalue weighted by molar-refractivity contribution is 5.85. The number of hydrogen-bond acceptors (Lipinski definition) is 1. The molecule has 0 aliphatic heterocycles. The van der Waals surface area contributed by atoms with Crippen molar-refractivity contribution in [2.45, 2.75) is 26.3 Å². The van der Waals surface area contributed by atoms with Crippen LogP contribution in [0.5, 0.6) is 0 Å². The van der Waals surface area contributed by atoms with Crippen LogP contribution in [0.2, 0.25) is 0 Å². The molecule has 0 aliphatic carbocycles. The molecule has 0 saturated heterocycles. The second-order valence-corrected chi connectivity index (χ2v) is 3.68. The standard InChI is InChI=1S/C12H17N.ClH/c1-9(2)7-12(13)11-6-4-5-10(3)8-11;/h4-6,8,12H,1,7,13H2,2-3H3;1H/t12-;/m1./s1. The lowest BCUT2D eigenvalue weighted by Crippen LogP contribution is -2.10. The van der Waals surface area contributed by atoms with E-state index in [0.717, 1.165) is 12.0 Å². The SMILES string of the molecule is C=C(C)C[C@@H](N)c1cccc(C)c1.Cl. The average molecular weight is 212 g/mol. The van der Waals surface area contributed by atoms with Gasteiger partial charge in [-0.3, -0.25) is 0 Å². The Morgan fingerprint density at radius 3 is 2.64 bits per heavy atom. The molecule has 0 unspecified atom stereocenters. The first-order valence-electron chi connectivity index (χ1n) is 4.56. The summed E-state index contributed by atoms with van der Waals surface area (Å²) in [6.07, 6.45) is 0.865. The average Bonchev–Trinajstić information content (AvgIpc) is 2.03. The van der Waals surface area contributed by atoms with Crippen LogP contribution in [0.3, 0.4) is 0 Å². The molecule has 0 bridgehead atoms. The Hall–Kier alpha value is -0.790. The number of nitrogens with two attached hydrogens (primary N) is 1. The van der Waals surface area contributed by atoms with Gasteiger partial charge < -0.3 is 5.73 Å². The second kappa shape index (κ2) is 5.84. The zero-order valence-electron chi connectivity index (χ0n) is 8.79. The third-order valence-corrected chi connectivity index (χ3v) is 2.04. The van der Waals surface area contributed by atoms with Gasteiger partial charge >= 0.3 is 0 Å². The summed E-state index contributed by atoms with van der Waals surface area (Å²) in [6.45, 7) is 7.95. The minimum absolute atomic E-state index is 0. The van der Waals surface area contributed by atoms with Gasteiger partial charge in [0.15, 0.2) is 0 Å². The fourth-order valence-corrected chi connectivity index (χ4v) is 1.39. The van der Waals surface area contributed by atoms with Crippen molar-refractivity contribution in [1.29, 1.82) is 0 Å². The largest absolute Gasteiger partial charge is 0.324 e. The van der Waals surface area contributed by atoms with Crippen molar-refractivity contribution < 1.29 is 0 Å². The molecule has 0 spiro atoms. The van der Waals surface area contributed by atoms with Crippen molar-refractivity contribution in [3.63, 3.8) is 0 Å². The van der Waals surface area contributed by atoms with Gasteiger partial charge in [-0.1, -0.05) is 35.4 Å². The Morgan fingerprint density at radius 2 is 2.14 bits per heavy atom. The maximum absolute atomic E-state index is 6.00. The third-order valence-electron chi connectivity index (χ3n) is 2.04. The van der Waals surface area contributed by atoms with Gasteiger partial charge in [-0.25, -0.2) is 0 Å². The summed E-state index contributed by atoms with van der Waals surface area (Å²) in [7, 11) is 0. The molecular weight excluding hydrogens is 194 g/mol. The minimum atomic E-state index is 0. The van der Waals surface area contributed by atoms with Crippen LogP contribution in [0, 0.1) is 6.92 Å². The van der Waals surface area contributed by atoms with Gasteiger partial charge in [0, 0.05) is 6.04 Å². The Balaban J connectivity index is 0.00000169. The summed E-state index contributed by atoms with van der Waals surface area (Å²) >= 11 is 0. The lowest BCUT2D eigenvalue weighted by atomic mass is 10.00. The van der Waals surface area contributed by atoms with Crippen molar-refractivity contribution in [2.24, 2.45) is 5.73 Å². The van der Waals surface area contributed by atoms with Crippen molar-refractivity contribution in [3.05, 3.63) is 47.5 Å². The molecule has 0 amide bonds. The van der Waals surface area contributed by atoms with E-state index in [-0.39, 0.29) is 18.4 Å². The first kappa shape index (κ1) is 13.2. The zero-order valence-corrected chi connectivity index (χ0v) is 9.60. The molecule has 0 saturated carbocycles.